The summed E-state index contributed by atoms with van der Waals surface area (Å²) < 4.78 is 5.66. The van der Waals surface area contributed by atoms with Crippen molar-refractivity contribution in [3.8, 4) is 0 Å². The zero-order chi connectivity index (χ0) is 21.3. The molecule has 1 aliphatic carbocycles. The Hall–Kier alpha value is -3.10. The van der Waals surface area contributed by atoms with Crippen LogP contribution in [0, 0.1) is 10.1 Å². The number of hydrogen-bond acceptors (Lipinski definition) is 7. The van der Waals surface area contributed by atoms with Crippen LogP contribution < -0.4 is 5.01 Å². The molecule has 3 aliphatic rings. The van der Waals surface area contributed by atoms with Crippen LogP contribution in [0.2, 0.25) is 0 Å². The van der Waals surface area contributed by atoms with Crippen LogP contribution >= 0.6 is 0 Å². The molecule has 5 rings (SSSR count). The number of fused-ring (bicyclic) bond motifs is 1. The summed E-state index contributed by atoms with van der Waals surface area (Å²) in [7, 11) is 0. The van der Waals surface area contributed by atoms with Gasteiger partial charge in [0.05, 0.1) is 23.8 Å². The number of nitro groups is 1. The number of anilines is 1. The van der Waals surface area contributed by atoms with Crippen molar-refractivity contribution in [3.63, 3.8) is 0 Å². The highest BCUT2D eigenvalue weighted by atomic mass is 16.6. The molecule has 8 heteroatoms. The van der Waals surface area contributed by atoms with Crippen LogP contribution in [-0.4, -0.2) is 47.8 Å². The lowest BCUT2D eigenvalue weighted by Crippen LogP contribution is -2.67. The van der Waals surface area contributed by atoms with E-state index < -0.39 is 5.66 Å². The molecule has 2 heterocycles. The third-order valence-corrected chi connectivity index (χ3v) is 6.40. The second-order valence-corrected chi connectivity index (χ2v) is 8.10. The largest absolute Gasteiger partial charge is 0.379 e. The van der Waals surface area contributed by atoms with E-state index in [-0.39, 0.29) is 16.7 Å². The molecule has 2 fully saturated rings. The molecule has 0 N–H and O–H groups in total. The molecule has 1 saturated carbocycles. The first-order chi connectivity index (χ1) is 15.2. The predicted molar refractivity (Wildman–Crippen MR) is 118 cm³/mol. The van der Waals surface area contributed by atoms with E-state index in [2.05, 4.69) is 28.3 Å². The van der Waals surface area contributed by atoms with Gasteiger partial charge in [0.1, 0.15) is 6.04 Å². The van der Waals surface area contributed by atoms with Gasteiger partial charge in [-0.25, -0.2) is 5.01 Å². The van der Waals surface area contributed by atoms with Crippen molar-refractivity contribution in [3.05, 3.63) is 75.8 Å². The Morgan fingerprint density at radius 1 is 1.10 bits per heavy atom. The molecule has 2 atom stereocenters. The van der Waals surface area contributed by atoms with Crippen LogP contribution in [0.1, 0.15) is 24.8 Å². The SMILES string of the molecule is O=[N+]([O-])c1ccc(N2N=N[C@@H]3CCC/C(=C\c4ccccc4)[C@@]32N2CCOCC2)cc1. The maximum atomic E-state index is 11.1. The van der Waals surface area contributed by atoms with Crippen LogP contribution in [0.3, 0.4) is 0 Å². The van der Waals surface area contributed by atoms with Gasteiger partial charge >= 0.3 is 0 Å². The molecule has 160 valence electrons. The summed E-state index contributed by atoms with van der Waals surface area (Å²) in [4.78, 5) is 13.2. The first-order valence-electron chi connectivity index (χ1n) is 10.7. The van der Waals surface area contributed by atoms with Crippen LogP contribution in [-0.2, 0) is 4.74 Å². The summed E-state index contributed by atoms with van der Waals surface area (Å²) in [6.07, 6.45) is 5.24. The topological polar surface area (TPSA) is 83.6 Å². The molecule has 1 saturated heterocycles. The van der Waals surface area contributed by atoms with Crippen LogP contribution in [0.5, 0.6) is 0 Å². The molecule has 8 nitrogen and oxygen atoms in total. The van der Waals surface area contributed by atoms with E-state index in [1.807, 2.05) is 23.2 Å². The number of benzene rings is 2. The summed E-state index contributed by atoms with van der Waals surface area (Å²) in [6.45, 7) is 2.91. The quantitative estimate of drug-likeness (QED) is 0.540. The fraction of sp³-hybridized carbons (Fsp3) is 0.391. The Morgan fingerprint density at radius 2 is 1.84 bits per heavy atom. The Labute approximate surface area is 180 Å². The number of nitro benzene ring substituents is 1. The minimum absolute atomic E-state index is 0.00417. The van der Waals surface area contributed by atoms with Gasteiger partial charge in [0.15, 0.2) is 5.66 Å². The van der Waals surface area contributed by atoms with E-state index in [9.17, 15) is 10.1 Å². The van der Waals surface area contributed by atoms with Gasteiger partial charge in [0.2, 0.25) is 0 Å². The average molecular weight is 419 g/mol. The second-order valence-electron chi connectivity index (χ2n) is 8.10. The lowest BCUT2D eigenvalue weighted by atomic mass is 9.77. The fourth-order valence-corrected chi connectivity index (χ4v) is 5.03. The zero-order valence-electron chi connectivity index (χ0n) is 17.3. The van der Waals surface area contributed by atoms with Gasteiger partial charge in [0, 0.05) is 25.2 Å². The van der Waals surface area contributed by atoms with E-state index in [1.165, 1.54) is 17.7 Å². The van der Waals surface area contributed by atoms with Crippen molar-refractivity contribution in [1.82, 2.24) is 4.90 Å². The molecule has 0 spiro atoms. The van der Waals surface area contributed by atoms with Gasteiger partial charge < -0.3 is 4.74 Å². The van der Waals surface area contributed by atoms with Crippen molar-refractivity contribution in [2.45, 2.75) is 31.0 Å². The highest BCUT2D eigenvalue weighted by Gasteiger charge is 2.57. The van der Waals surface area contributed by atoms with Gasteiger partial charge in [-0.15, -0.1) is 0 Å². The van der Waals surface area contributed by atoms with E-state index in [0.29, 0.717) is 13.2 Å². The predicted octanol–water partition coefficient (Wildman–Crippen LogP) is 4.45. The van der Waals surface area contributed by atoms with Gasteiger partial charge in [-0.2, -0.15) is 5.11 Å². The van der Waals surface area contributed by atoms with E-state index in [1.54, 1.807) is 12.1 Å². The number of non-ortho nitro benzene ring substituents is 1. The Kier molecular flexibility index (Phi) is 5.25. The first kappa shape index (κ1) is 19.8. The number of rotatable bonds is 4. The first-order valence-corrected chi connectivity index (χ1v) is 10.7. The zero-order valence-corrected chi connectivity index (χ0v) is 17.3. The third-order valence-electron chi connectivity index (χ3n) is 6.40. The molecule has 0 bridgehead atoms. The second kappa shape index (κ2) is 8.20. The smallest absolute Gasteiger partial charge is 0.269 e. The molecule has 2 aromatic carbocycles. The van der Waals surface area contributed by atoms with Crippen molar-refractivity contribution in [1.29, 1.82) is 0 Å². The maximum absolute atomic E-state index is 11.1. The standard InChI is InChI=1S/C23H25N5O3/c29-28(30)21-11-9-20(10-12-21)27-23(26-13-15-31-16-14-26)19(7-4-8-22(23)24-25-27)17-18-5-2-1-3-6-18/h1-3,5-6,9-12,17,22H,4,7-8,13-16H2/b19-17+/t22-,23+/m1/s1. The maximum Gasteiger partial charge on any atom is 0.269 e. The molecule has 0 amide bonds. The lowest BCUT2D eigenvalue weighted by molar-refractivity contribution is -0.384. The summed E-state index contributed by atoms with van der Waals surface area (Å²) in [5, 5.41) is 22.5. The summed E-state index contributed by atoms with van der Waals surface area (Å²) in [5.41, 5.74) is 2.79. The Bertz CT molecular complexity index is 1000. The van der Waals surface area contributed by atoms with Crippen LogP contribution in [0.15, 0.2) is 70.5 Å². The van der Waals surface area contributed by atoms with Gasteiger partial charge in [-0.05, 0) is 42.5 Å². The van der Waals surface area contributed by atoms with Crippen molar-refractivity contribution in [2.75, 3.05) is 31.3 Å². The van der Waals surface area contributed by atoms with Gasteiger partial charge in [-0.1, -0.05) is 41.6 Å². The average Bonchev–Trinajstić information content (AvgIpc) is 3.22. The molecule has 31 heavy (non-hydrogen) atoms. The molecule has 0 radical (unpaired) electrons. The molecular formula is C23H25N5O3. The molecular weight excluding hydrogens is 394 g/mol. The minimum atomic E-state index is -0.520. The lowest BCUT2D eigenvalue weighted by Gasteiger charge is -2.52. The third kappa shape index (κ3) is 3.41. The monoisotopic (exact) mass is 419 g/mol. The van der Waals surface area contributed by atoms with Crippen molar-refractivity contribution < 1.29 is 9.66 Å². The number of morpholine rings is 1. The molecule has 0 unspecified atom stereocenters. The van der Waals surface area contributed by atoms with Crippen LogP contribution in [0.4, 0.5) is 11.4 Å². The van der Waals surface area contributed by atoms with Gasteiger partial charge in [0.25, 0.3) is 5.69 Å². The number of hydrogen-bond donors (Lipinski definition) is 0. The van der Waals surface area contributed by atoms with E-state index >= 15 is 0 Å². The summed E-state index contributed by atoms with van der Waals surface area (Å²) in [6, 6.07) is 17.0. The van der Waals surface area contributed by atoms with Crippen molar-refractivity contribution >= 4 is 17.5 Å². The number of nitrogens with zero attached hydrogens (tertiary/aromatic N) is 5. The van der Waals surface area contributed by atoms with Crippen LogP contribution in [0.25, 0.3) is 6.08 Å². The highest BCUT2D eigenvalue weighted by molar-refractivity contribution is 5.63. The summed E-state index contributed by atoms with van der Waals surface area (Å²) >= 11 is 0. The normalized spacial score (nSPS) is 27.4. The Balaban J connectivity index is 1.64. The Morgan fingerprint density at radius 3 is 2.55 bits per heavy atom. The van der Waals surface area contributed by atoms with E-state index in [0.717, 1.165) is 43.6 Å². The fourth-order valence-electron chi connectivity index (χ4n) is 5.03. The minimum Gasteiger partial charge on any atom is -0.379 e. The highest BCUT2D eigenvalue weighted by Crippen LogP contribution is 2.49. The molecule has 2 aromatic rings. The molecule has 2 aliphatic heterocycles. The molecule has 0 aromatic heterocycles. The number of ether oxygens (including phenoxy) is 1. The van der Waals surface area contributed by atoms with Gasteiger partial charge in [-0.3, -0.25) is 15.0 Å². The summed E-state index contributed by atoms with van der Waals surface area (Å²) in [5.74, 6) is 0. The van der Waals surface area contributed by atoms with Crippen molar-refractivity contribution in [2.24, 2.45) is 10.3 Å². The van der Waals surface area contributed by atoms with E-state index in [4.69, 9.17) is 9.85 Å².